The van der Waals surface area contributed by atoms with Gasteiger partial charge in [0, 0.05) is 31.9 Å². The van der Waals surface area contributed by atoms with E-state index >= 15 is 0 Å². The molecule has 0 amide bonds. The van der Waals surface area contributed by atoms with Crippen LogP contribution in [0.1, 0.15) is 16.3 Å². The van der Waals surface area contributed by atoms with Crippen LogP contribution >= 0.6 is 35.3 Å². The number of nitrogens with zero attached hydrogens (tertiary/aromatic N) is 2. The summed E-state index contributed by atoms with van der Waals surface area (Å²) in [5.74, 6) is 0.785. The Balaban J connectivity index is 0.00000312. The summed E-state index contributed by atoms with van der Waals surface area (Å²) in [5.41, 5.74) is 1.88. The summed E-state index contributed by atoms with van der Waals surface area (Å²) >= 11 is 1.63. The Kier molecular flexibility index (Phi) is 9.65. The number of rotatable bonds is 7. The van der Waals surface area contributed by atoms with Gasteiger partial charge in [-0.1, -0.05) is 12.1 Å². The standard InChI is InChI=1S/C16H20F2N4OS.HI/c1-11-22-13(10-24-11)6-7-20-16(19-2)21-9-12-4-3-5-14(8-12)23-15(17)18;/h3-5,8,10,15H,6-7,9H2,1-2H3,(H2,19,20,21);1H. The second-order valence-corrected chi connectivity index (χ2v) is 6.05. The molecule has 0 radical (unpaired) electrons. The van der Waals surface area contributed by atoms with Gasteiger partial charge in [-0.05, 0) is 24.6 Å². The first-order chi connectivity index (χ1) is 11.6. The van der Waals surface area contributed by atoms with Gasteiger partial charge in [-0.25, -0.2) is 4.98 Å². The van der Waals surface area contributed by atoms with Crippen molar-refractivity contribution >= 4 is 41.3 Å². The predicted molar refractivity (Wildman–Crippen MR) is 107 cm³/mol. The van der Waals surface area contributed by atoms with Crippen LogP contribution in [0.25, 0.3) is 0 Å². The van der Waals surface area contributed by atoms with Gasteiger partial charge in [0.2, 0.25) is 0 Å². The van der Waals surface area contributed by atoms with E-state index < -0.39 is 6.61 Å². The SMILES string of the molecule is CN=C(NCCc1csc(C)n1)NCc1cccc(OC(F)F)c1.I. The zero-order valence-corrected chi connectivity index (χ0v) is 17.1. The number of aromatic nitrogens is 1. The minimum atomic E-state index is -2.82. The molecule has 0 unspecified atom stereocenters. The number of hydrogen-bond acceptors (Lipinski definition) is 4. The lowest BCUT2D eigenvalue weighted by atomic mass is 10.2. The quantitative estimate of drug-likeness (QED) is 0.360. The summed E-state index contributed by atoms with van der Waals surface area (Å²) in [4.78, 5) is 8.54. The van der Waals surface area contributed by atoms with Gasteiger partial charge in [0.1, 0.15) is 5.75 Å². The zero-order valence-electron chi connectivity index (χ0n) is 14.0. The fraction of sp³-hybridized carbons (Fsp3) is 0.375. The number of halogens is 3. The summed E-state index contributed by atoms with van der Waals surface area (Å²) in [7, 11) is 1.68. The molecule has 2 N–H and O–H groups in total. The molecular weight excluding hydrogens is 461 g/mol. The summed E-state index contributed by atoms with van der Waals surface area (Å²) < 4.78 is 28.9. The average molecular weight is 482 g/mol. The molecule has 0 saturated carbocycles. The number of thiazole rings is 1. The lowest BCUT2D eigenvalue weighted by Crippen LogP contribution is -2.37. The van der Waals surface area contributed by atoms with E-state index in [2.05, 4.69) is 25.3 Å². The largest absolute Gasteiger partial charge is 0.435 e. The maximum Gasteiger partial charge on any atom is 0.387 e. The van der Waals surface area contributed by atoms with Crippen LogP contribution < -0.4 is 15.4 Å². The first-order valence-corrected chi connectivity index (χ1v) is 8.34. The van der Waals surface area contributed by atoms with Gasteiger partial charge in [0.05, 0.1) is 10.7 Å². The van der Waals surface area contributed by atoms with Gasteiger partial charge in [0.15, 0.2) is 5.96 Å². The fourth-order valence-electron chi connectivity index (χ4n) is 2.07. The maximum atomic E-state index is 12.2. The van der Waals surface area contributed by atoms with Crippen molar-refractivity contribution in [2.45, 2.75) is 26.5 Å². The van der Waals surface area contributed by atoms with Crippen LogP contribution in [0.5, 0.6) is 5.75 Å². The smallest absolute Gasteiger partial charge is 0.387 e. The summed E-state index contributed by atoms with van der Waals surface area (Å²) in [6.45, 7) is 0.318. The monoisotopic (exact) mass is 482 g/mol. The van der Waals surface area contributed by atoms with E-state index in [1.54, 1.807) is 30.5 Å². The second kappa shape index (κ2) is 11.2. The minimum Gasteiger partial charge on any atom is -0.435 e. The number of guanidine groups is 1. The Bertz CT molecular complexity index is 682. The normalized spacial score (nSPS) is 11.2. The number of benzene rings is 1. The van der Waals surface area contributed by atoms with Crippen molar-refractivity contribution in [3.63, 3.8) is 0 Å². The molecule has 0 fully saturated rings. The molecule has 0 spiro atoms. The van der Waals surface area contributed by atoms with E-state index in [1.165, 1.54) is 6.07 Å². The molecule has 2 rings (SSSR count). The highest BCUT2D eigenvalue weighted by Gasteiger charge is 2.05. The highest BCUT2D eigenvalue weighted by molar-refractivity contribution is 14.0. The molecule has 0 bridgehead atoms. The van der Waals surface area contributed by atoms with Gasteiger partial charge < -0.3 is 15.4 Å². The third kappa shape index (κ3) is 7.95. The number of hydrogen-bond donors (Lipinski definition) is 2. The lowest BCUT2D eigenvalue weighted by molar-refractivity contribution is -0.0498. The molecule has 1 heterocycles. The fourth-order valence-corrected chi connectivity index (χ4v) is 2.72. The Labute approximate surface area is 166 Å². The highest BCUT2D eigenvalue weighted by Crippen LogP contribution is 2.15. The average Bonchev–Trinajstić information content (AvgIpc) is 2.96. The molecule has 25 heavy (non-hydrogen) atoms. The van der Waals surface area contributed by atoms with Crippen molar-refractivity contribution in [3.05, 3.63) is 45.9 Å². The first-order valence-electron chi connectivity index (χ1n) is 7.46. The van der Waals surface area contributed by atoms with Crippen molar-refractivity contribution in [2.24, 2.45) is 4.99 Å². The molecule has 0 aliphatic rings. The van der Waals surface area contributed by atoms with Crippen LogP contribution in [-0.2, 0) is 13.0 Å². The van der Waals surface area contributed by atoms with Crippen LogP contribution in [0.3, 0.4) is 0 Å². The molecule has 1 aromatic heterocycles. The summed E-state index contributed by atoms with van der Waals surface area (Å²) in [6, 6.07) is 6.58. The van der Waals surface area contributed by atoms with E-state index in [4.69, 9.17) is 0 Å². The van der Waals surface area contributed by atoms with Crippen molar-refractivity contribution in [1.82, 2.24) is 15.6 Å². The number of alkyl halides is 2. The van der Waals surface area contributed by atoms with Gasteiger partial charge in [0.25, 0.3) is 0 Å². The van der Waals surface area contributed by atoms with Crippen LogP contribution in [0.4, 0.5) is 8.78 Å². The Morgan fingerprint density at radius 2 is 2.16 bits per heavy atom. The molecule has 9 heteroatoms. The molecular formula is C16H21F2IN4OS. The summed E-state index contributed by atoms with van der Waals surface area (Å²) in [5, 5.41) is 9.43. The molecule has 2 aromatic rings. The molecule has 138 valence electrons. The van der Waals surface area contributed by atoms with Crippen molar-refractivity contribution in [1.29, 1.82) is 0 Å². The summed E-state index contributed by atoms with van der Waals surface area (Å²) in [6.07, 6.45) is 0.808. The molecule has 1 aromatic carbocycles. The van der Waals surface area contributed by atoms with Crippen LogP contribution in [-0.4, -0.2) is 31.1 Å². The Hall–Kier alpha value is -1.49. The molecule has 0 saturated heterocycles. The van der Waals surface area contributed by atoms with E-state index in [0.717, 1.165) is 22.7 Å². The first kappa shape index (κ1) is 21.6. The van der Waals surface area contributed by atoms with Crippen molar-refractivity contribution < 1.29 is 13.5 Å². The number of ether oxygens (including phenoxy) is 1. The van der Waals surface area contributed by atoms with E-state index in [9.17, 15) is 8.78 Å². The lowest BCUT2D eigenvalue weighted by Gasteiger charge is -2.12. The predicted octanol–water partition coefficient (Wildman–Crippen LogP) is 3.58. The number of aryl methyl sites for hydroxylation is 1. The topological polar surface area (TPSA) is 58.5 Å². The maximum absolute atomic E-state index is 12.2. The molecule has 0 aliphatic heterocycles. The van der Waals surface area contributed by atoms with Gasteiger partial charge in [-0.15, -0.1) is 35.3 Å². The van der Waals surface area contributed by atoms with Gasteiger partial charge in [-0.2, -0.15) is 8.78 Å². The van der Waals surface area contributed by atoms with Crippen molar-refractivity contribution in [2.75, 3.05) is 13.6 Å². The van der Waals surface area contributed by atoms with E-state index in [0.29, 0.717) is 19.0 Å². The Morgan fingerprint density at radius 3 is 2.80 bits per heavy atom. The molecule has 0 aliphatic carbocycles. The van der Waals surface area contributed by atoms with E-state index in [-0.39, 0.29) is 29.7 Å². The molecule has 0 atom stereocenters. The third-order valence-electron chi connectivity index (χ3n) is 3.15. The number of aliphatic imine (C=N–C) groups is 1. The van der Waals surface area contributed by atoms with Crippen LogP contribution in [0, 0.1) is 6.92 Å². The number of nitrogens with one attached hydrogen (secondary N) is 2. The van der Waals surface area contributed by atoms with Crippen molar-refractivity contribution in [3.8, 4) is 5.75 Å². The van der Waals surface area contributed by atoms with Gasteiger partial charge in [-0.3, -0.25) is 4.99 Å². The van der Waals surface area contributed by atoms with Gasteiger partial charge >= 0.3 is 6.61 Å². The van der Waals surface area contributed by atoms with Crippen LogP contribution in [0.15, 0.2) is 34.6 Å². The van der Waals surface area contributed by atoms with Crippen LogP contribution in [0.2, 0.25) is 0 Å². The Morgan fingerprint density at radius 1 is 1.36 bits per heavy atom. The minimum absolute atomic E-state index is 0. The molecule has 5 nitrogen and oxygen atoms in total. The highest BCUT2D eigenvalue weighted by atomic mass is 127. The second-order valence-electron chi connectivity index (χ2n) is 4.99. The van der Waals surface area contributed by atoms with E-state index in [1.807, 2.05) is 18.4 Å². The third-order valence-corrected chi connectivity index (χ3v) is 3.97. The zero-order chi connectivity index (χ0) is 17.4.